The van der Waals surface area contributed by atoms with Crippen LogP contribution in [0.2, 0.25) is 0 Å². The summed E-state index contributed by atoms with van der Waals surface area (Å²) in [5, 5.41) is 14.3. The Hall–Kier alpha value is -1.43. The van der Waals surface area contributed by atoms with E-state index in [2.05, 4.69) is 5.10 Å². The predicted molar refractivity (Wildman–Crippen MR) is 52.2 cm³/mol. The van der Waals surface area contributed by atoms with Crippen molar-refractivity contribution in [3.63, 3.8) is 0 Å². The fourth-order valence-electron chi connectivity index (χ4n) is 1.10. The molecule has 0 radical (unpaired) electrons. The van der Waals surface area contributed by atoms with Crippen molar-refractivity contribution in [2.75, 3.05) is 20.6 Å². The van der Waals surface area contributed by atoms with E-state index in [1.54, 1.807) is 4.68 Å². The van der Waals surface area contributed by atoms with Gasteiger partial charge >= 0.3 is 5.82 Å². The van der Waals surface area contributed by atoms with Crippen LogP contribution in [-0.2, 0) is 6.54 Å². The summed E-state index contributed by atoms with van der Waals surface area (Å²) in [6, 6.07) is 1.48. The molecule has 1 aromatic rings. The lowest BCUT2D eigenvalue weighted by Gasteiger charge is -2.07. The molecule has 1 aromatic heterocycles. The van der Waals surface area contributed by atoms with Gasteiger partial charge in [-0.1, -0.05) is 0 Å². The smallest absolute Gasteiger partial charge is 0.358 e. The van der Waals surface area contributed by atoms with Gasteiger partial charge in [-0.2, -0.15) is 4.68 Å². The van der Waals surface area contributed by atoms with Gasteiger partial charge in [-0.25, -0.2) is 0 Å². The van der Waals surface area contributed by atoms with Crippen LogP contribution in [0.4, 0.5) is 5.82 Å². The zero-order valence-electron chi connectivity index (χ0n) is 8.60. The molecule has 0 spiro atoms. The zero-order chi connectivity index (χ0) is 10.7. The molecule has 0 N–H and O–H groups in total. The summed E-state index contributed by atoms with van der Waals surface area (Å²) in [6.45, 7) is 3.31. The molecule has 6 heteroatoms. The van der Waals surface area contributed by atoms with E-state index in [1.165, 1.54) is 6.07 Å². The maximum atomic E-state index is 10.4. The summed E-state index contributed by atoms with van der Waals surface area (Å²) in [5.74, 6) is -0.0822. The van der Waals surface area contributed by atoms with Crippen LogP contribution in [0.5, 0.6) is 0 Å². The Bertz CT molecular complexity index is 332. The largest absolute Gasteiger partial charge is 0.390 e. The second kappa shape index (κ2) is 4.19. The Morgan fingerprint density at radius 1 is 1.64 bits per heavy atom. The summed E-state index contributed by atoms with van der Waals surface area (Å²) < 4.78 is 1.65. The number of nitro groups is 1. The van der Waals surface area contributed by atoms with E-state index in [0.29, 0.717) is 6.54 Å². The zero-order valence-corrected chi connectivity index (χ0v) is 8.60. The van der Waals surface area contributed by atoms with Gasteiger partial charge in [-0.05, 0) is 25.9 Å². The summed E-state index contributed by atoms with van der Waals surface area (Å²) in [5.41, 5.74) is 0.818. The molecule has 6 nitrogen and oxygen atoms in total. The topological polar surface area (TPSA) is 64.2 Å². The number of likely N-dealkylation sites (N-methyl/N-ethyl adjacent to an activating group) is 1. The third-order valence-electron chi connectivity index (χ3n) is 1.91. The van der Waals surface area contributed by atoms with Crippen LogP contribution in [0.25, 0.3) is 0 Å². The standard InChI is InChI=1S/C8H14N4O2/c1-7-6-8(12(13)14)9-11(7)5-4-10(2)3/h6H,4-5H2,1-3H3. The van der Waals surface area contributed by atoms with Crippen LogP contribution in [0.3, 0.4) is 0 Å². The third kappa shape index (κ3) is 2.53. The molecule has 1 rings (SSSR count). The first-order chi connectivity index (χ1) is 6.50. The first kappa shape index (κ1) is 10.6. The van der Waals surface area contributed by atoms with Gasteiger partial charge in [0.15, 0.2) is 0 Å². The highest BCUT2D eigenvalue weighted by molar-refractivity contribution is 5.20. The van der Waals surface area contributed by atoms with Gasteiger partial charge in [-0.15, -0.1) is 0 Å². The molecule has 0 unspecified atom stereocenters. The third-order valence-corrected chi connectivity index (χ3v) is 1.91. The molecular weight excluding hydrogens is 184 g/mol. The van der Waals surface area contributed by atoms with E-state index in [4.69, 9.17) is 0 Å². The van der Waals surface area contributed by atoms with E-state index in [-0.39, 0.29) is 5.82 Å². The molecule has 0 aliphatic carbocycles. The van der Waals surface area contributed by atoms with Gasteiger partial charge in [0.05, 0.1) is 23.4 Å². The van der Waals surface area contributed by atoms with Crippen molar-refractivity contribution in [1.82, 2.24) is 14.7 Å². The fraction of sp³-hybridized carbons (Fsp3) is 0.625. The SMILES string of the molecule is Cc1cc([N+](=O)[O-])nn1CCN(C)C. The van der Waals surface area contributed by atoms with E-state index in [1.807, 2.05) is 25.9 Å². The van der Waals surface area contributed by atoms with Crippen LogP contribution >= 0.6 is 0 Å². The minimum Gasteiger partial charge on any atom is -0.358 e. The van der Waals surface area contributed by atoms with E-state index >= 15 is 0 Å². The van der Waals surface area contributed by atoms with Crippen LogP contribution in [-0.4, -0.2) is 40.2 Å². The molecule has 0 saturated carbocycles. The minimum absolute atomic E-state index is 0.0822. The van der Waals surface area contributed by atoms with Crippen molar-refractivity contribution in [3.8, 4) is 0 Å². The Morgan fingerprint density at radius 2 is 2.29 bits per heavy atom. The molecule has 0 fully saturated rings. The average Bonchev–Trinajstić information content (AvgIpc) is 2.43. The molecule has 0 atom stereocenters. The van der Waals surface area contributed by atoms with E-state index in [0.717, 1.165) is 12.2 Å². The van der Waals surface area contributed by atoms with E-state index in [9.17, 15) is 10.1 Å². The minimum atomic E-state index is -0.473. The van der Waals surface area contributed by atoms with Crippen molar-refractivity contribution in [2.24, 2.45) is 0 Å². The highest BCUT2D eigenvalue weighted by Crippen LogP contribution is 2.10. The molecule has 78 valence electrons. The van der Waals surface area contributed by atoms with Crippen LogP contribution in [0.1, 0.15) is 5.69 Å². The van der Waals surface area contributed by atoms with Crippen LogP contribution in [0, 0.1) is 17.0 Å². The van der Waals surface area contributed by atoms with Crippen molar-refractivity contribution in [1.29, 1.82) is 0 Å². The maximum absolute atomic E-state index is 10.4. The second-order valence-corrected chi connectivity index (χ2v) is 3.43. The summed E-state index contributed by atoms with van der Waals surface area (Å²) >= 11 is 0. The number of hydrogen-bond acceptors (Lipinski definition) is 4. The Balaban J connectivity index is 2.72. The Morgan fingerprint density at radius 3 is 2.71 bits per heavy atom. The van der Waals surface area contributed by atoms with Gasteiger partial charge in [0.25, 0.3) is 0 Å². The molecule has 0 bridgehead atoms. The highest BCUT2D eigenvalue weighted by Gasteiger charge is 2.14. The van der Waals surface area contributed by atoms with Gasteiger partial charge < -0.3 is 15.0 Å². The monoisotopic (exact) mass is 198 g/mol. The van der Waals surface area contributed by atoms with Gasteiger partial charge in [-0.3, -0.25) is 0 Å². The molecule has 1 heterocycles. The van der Waals surface area contributed by atoms with Crippen LogP contribution < -0.4 is 0 Å². The fourth-order valence-corrected chi connectivity index (χ4v) is 1.10. The van der Waals surface area contributed by atoms with Crippen molar-refractivity contribution in [2.45, 2.75) is 13.5 Å². The average molecular weight is 198 g/mol. The highest BCUT2D eigenvalue weighted by atomic mass is 16.6. The predicted octanol–water partition coefficient (Wildman–Crippen LogP) is 0.661. The summed E-state index contributed by atoms with van der Waals surface area (Å²) in [4.78, 5) is 12.0. The molecule has 0 aliphatic heterocycles. The van der Waals surface area contributed by atoms with E-state index < -0.39 is 4.92 Å². The lowest BCUT2D eigenvalue weighted by atomic mass is 10.4. The summed E-state index contributed by atoms with van der Waals surface area (Å²) in [7, 11) is 3.90. The van der Waals surface area contributed by atoms with Gasteiger partial charge in [0.1, 0.15) is 0 Å². The molecule has 0 saturated heterocycles. The first-order valence-electron chi connectivity index (χ1n) is 4.34. The quantitative estimate of drug-likeness (QED) is 0.526. The number of aromatic nitrogens is 2. The van der Waals surface area contributed by atoms with Crippen molar-refractivity contribution < 1.29 is 4.92 Å². The Labute approximate surface area is 82.3 Å². The number of rotatable bonds is 4. The normalized spacial score (nSPS) is 10.9. The van der Waals surface area contributed by atoms with Gasteiger partial charge in [0, 0.05) is 6.54 Å². The molecular formula is C8H14N4O2. The lowest BCUT2D eigenvalue weighted by Crippen LogP contribution is -2.19. The lowest BCUT2D eigenvalue weighted by molar-refractivity contribution is -0.389. The number of hydrogen-bond donors (Lipinski definition) is 0. The maximum Gasteiger partial charge on any atom is 0.390 e. The molecule has 0 amide bonds. The molecule has 0 aromatic carbocycles. The Kier molecular flexibility index (Phi) is 3.19. The number of nitrogens with zero attached hydrogens (tertiary/aromatic N) is 4. The molecule has 14 heavy (non-hydrogen) atoms. The van der Waals surface area contributed by atoms with Crippen molar-refractivity contribution >= 4 is 5.82 Å². The molecule has 0 aliphatic rings. The van der Waals surface area contributed by atoms with Gasteiger partial charge in [0.2, 0.25) is 0 Å². The number of aryl methyl sites for hydroxylation is 1. The van der Waals surface area contributed by atoms with Crippen molar-refractivity contribution in [3.05, 3.63) is 21.9 Å². The summed E-state index contributed by atoms with van der Waals surface area (Å²) in [6.07, 6.45) is 0. The van der Waals surface area contributed by atoms with Crippen LogP contribution in [0.15, 0.2) is 6.07 Å². The second-order valence-electron chi connectivity index (χ2n) is 3.43. The first-order valence-corrected chi connectivity index (χ1v) is 4.34.